The normalized spacial score (nSPS) is 10.4. The summed E-state index contributed by atoms with van der Waals surface area (Å²) < 4.78 is 7.16. The molecule has 0 fully saturated rings. The summed E-state index contributed by atoms with van der Waals surface area (Å²) in [6.45, 7) is 0.690. The number of halogens is 1. The number of benzene rings is 1. The molecular formula is C12H11BrN4O2. The van der Waals surface area contributed by atoms with Crippen molar-refractivity contribution in [2.45, 2.75) is 6.54 Å². The van der Waals surface area contributed by atoms with Crippen LogP contribution in [0.15, 0.2) is 27.5 Å². The lowest BCUT2D eigenvalue weighted by Crippen LogP contribution is -2.26. The zero-order valence-corrected chi connectivity index (χ0v) is 11.8. The van der Waals surface area contributed by atoms with Gasteiger partial charge >= 0.3 is 0 Å². The summed E-state index contributed by atoms with van der Waals surface area (Å²) in [5.74, 6) is 0.222. The van der Waals surface area contributed by atoms with Gasteiger partial charge in [0.2, 0.25) is 5.95 Å². The van der Waals surface area contributed by atoms with E-state index >= 15 is 0 Å². The summed E-state index contributed by atoms with van der Waals surface area (Å²) in [5.41, 5.74) is 0.334. The maximum absolute atomic E-state index is 12.4. The molecule has 0 spiro atoms. The molecule has 1 aromatic carbocycles. The van der Waals surface area contributed by atoms with Crippen LogP contribution in [-0.2, 0) is 11.3 Å². The standard InChI is InChI=1S/C12H11BrN4O2/c1-19-5-4-17-11(18)9-6-8(13)2-3-10(9)16-12(17)15-7-14/h2-3,6H,4-5H2,1H3,(H,15,16). The number of nitrogens with one attached hydrogen (secondary N) is 1. The van der Waals surface area contributed by atoms with Crippen molar-refractivity contribution in [3.05, 3.63) is 33.0 Å². The minimum absolute atomic E-state index is 0.207. The Morgan fingerprint density at radius 3 is 3.05 bits per heavy atom. The largest absolute Gasteiger partial charge is 0.383 e. The van der Waals surface area contributed by atoms with Gasteiger partial charge in [0.15, 0.2) is 6.19 Å². The molecule has 1 aromatic heterocycles. The molecule has 2 rings (SSSR count). The summed E-state index contributed by atoms with van der Waals surface area (Å²) in [6.07, 6.45) is 1.78. The van der Waals surface area contributed by atoms with Crippen LogP contribution in [0.25, 0.3) is 10.9 Å². The number of aromatic nitrogens is 2. The number of hydrogen-bond acceptors (Lipinski definition) is 5. The van der Waals surface area contributed by atoms with Gasteiger partial charge in [0.1, 0.15) is 0 Å². The Morgan fingerprint density at radius 2 is 2.37 bits per heavy atom. The van der Waals surface area contributed by atoms with Crippen LogP contribution in [0.3, 0.4) is 0 Å². The quantitative estimate of drug-likeness (QED) is 0.684. The van der Waals surface area contributed by atoms with Gasteiger partial charge in [-0.2, -0.15) is 5.26 Å². The van der Waals surface area contributed by atoms with Gasteiger partial charge in [0.25, 0.3) is 5.56 Å². The van der Waals surface area contributed by atoms with E-state index < -0.39 is 0 Å². The fourth-order valence-corrected chi connectivity index (χ4v) is 2.09. The lowest BCUT2D eigenvalue weighted by molar-refractivity contribution is 0.186. The van der Waals surface area contributed by atoms with Crippen LogP contribution >= 0.6 is 15.9 Å². The van der Waals surface area contributed by atoms with Gasteiger partial charge < -0.3 is 4.74 Å². The molecule has 2 aromatic rings. The molecule has 0 aliphatic carbocycles. The smallest absolute Gasteiger partial charge is 0.262 e. The molecule has 0 saturated carbocycles. The van der Waals surface area contributed by atoms with Gasteiger partial charge in [-0.3, -0.25) is 14.7 Å². The SMILES string of the molecule is COCCn1c(NC#N)nc2ccc(Br)cc2c1=O. The third kappa shape index (κ3) is 2.75. The number of anilines is 1. The average Bonchev–Trinajstić information content (AvgIpc) is 2.40. The topological polar surface area (TPSA) is 79.9 Å². The zero-order valence-electron chi connectivity index (χ0n) is 10.2. The number of nitriles is 1. The number of ether oxygens (including phenoxy) is 1. The van der Waals surface area contributed by atoms with Crippen molar-refractivity contribution in [2.75, 3.05) is 19.0 Å². The Balaban J connectivity index is 2.67. The summed E-state index contributed by atoms with van der Waals surface area (Å²) in [5, 5.41) is 11.6. The highest BCUT2D eigenvalue weighted by Crippen LogP contribution is 2.17. The van der Waals surface area contributed by atoms with Crippen molar-refractivity contribution >= 4 is 32.8 Å². The first kappa shape index (κ1) is 13.5. The third-order valence-corrected chi connectivity index (χ3v) is 3.10. The van der Waals surface area contributed by atoms with Gasteiger partial charge in [-0.25, -0.2) is 4.98 Å². The summed E-state index contributed by atoms with van der Waals surface area (Å²) in [4.78, 5) is 16.7. The van der Waals surface area contributed by atoms with Crippen molar-refractivity contribution in [3.8, 4) is 6.19 Å². The zero-order chi connectivity index (χ0) is 13.8. The molecule has 1 N–H and O–H groups in total. The second-order valence-corrected chi connectivity index (χ2v) is 4.70. The number of methoxy groups -OCH3 is 1. The van der Waals surface area contributed by atoms with E-state index in [2.05, 4.69) is 26.2 Å². The molecule has 98 valence electrons. The molecule has 19 heavy (non-hydrogen) atoms. The van der Waals surface area contributed by atoms with E-state index in [9.17, 15) is 4.79 Å². The fourth-order valence-electron chi connectivity index (χ4n) is 1.73. The highest BCUT2D eigenvalue weighted by Gasteiger charge is 2.10. The first-order chi connectivity index (χ1) is 9.17. The van der Waals surface area contributed by atoms with E-state index in [1.807, 2.05) is 0 Å². The van der Waals surface area contributed by atoms with Crippen molar-refractivity contribution in [1.29, 1.82) is 5.26 Å². The van der Waals surface area contributed by atoms with E-state index in [0.29, 0.717) is 24.1 Å². The minimum atomic E-state index is -0.207. The molecule has 1 heterocycles. The Kier molecular flexibility index (Phi) is 4.14. The Morgan fingerprint density at radius 1 is 1.58 bits per heavy atom. The highest BCUT2D eigenvalue weighted by molar-refractivity contribution is 9.10. The second kappa shape index (κ2) is 5.82. The van der Waals surface area contributed by atoms with Gasteiger partial charge in [-0.15, -0.1) is 0 Å². The van der Waals surface area contributed by atoms with Gasteiger partial charge in [-0.05, 0) is 18.2 Å². The predicted molar refractivity (Wildman–Crippen MR) is 74.8 cm³/mol. The number of nitrogens with zero attached hydrogens (tertiary/aromatic N) is 3. The fraction of sp³-hybridized carbons (Fsp3) is 0.250. The molecule has 0 atom stereocenters. The van der Waals surface area contributed by atoms with Crippen molar-refractivity contribution < 1.29 is 4.74 Å². The van der Waals surface area contributed by atoms with Crippen LogP contribution in [0.1, 0.15) is 0 Å². The molecule has 0 aliphatic rings. The molecule has 0 amide bonds. The third-order valence-electron chi connectivity index (χ3n) is 2.60. The first-order valence-corrected chi connectivity index (χ1v) is 6.31. The van der Waals surface area contributed by atoms with Crippen LogP contribution in [0, 0.1) is 11.5 Å². The lowest BCUT2D eigenvalue weighted by atomic mass is 10.2. The Bertz CT molecular complexity index is 705. The number of hydrogen-bond donors (Lipinski definition) is 1. The lowest BCUT2D eigenvalue weighted by Gasteiger charge is -2.11. The van der Waals surface area contributed by atoms with Crippen molar-refractivity contribution in [2.24, 2.45) is 0 Å². The molecule has 0 aliphatic heterocycles. The Labute approximate surface area is 117 Å². The van der Waals surface area contributed by atoms with Gasteiger partial charge in [0, 0.05) is 11.6 Å². The molecule has 0 saturated heterocycles. The van der Waals surface area contributed by atoms with Crippen LogP contribution in [0.4, 0.5) is 5.95 Å². The summed E-state index contributed by atoms with van der Waals surface area (Å²) in [6, 6.07) is 5.23. The number of rotatable bonds is 4. The predicted octanol–water partition coefficient (Wildman–Crippen LogP) is 1.70. The van der Waals surface area contributed by atoms with Crippen LogP contribution in [0.2, 0.25) is 0 Å². The van der Waals surface area contributed by atoms with Gasteiger partial charge in [-0.1, -0.05) is 15.9 Å². The van der Waals surface area contributed by atoms with Crippen molar-refractivity contribution in [1.82, 2.24) is 9.55 Å². The summed E-state index contributed by atoms with van der Waals surface area (Å²) >= 11 is 3.32. The molecule has 6 nitrogen and oxygen atoms in total. The Hall–Kier alpha value is -1.91. The van der Waals surface area contributed by atoms with Crippen LogP contribution in [0.5, 0.6) is 0 Å². The maximum atomic E-state index is 12.4. The van der Waals surface area contributed by atoms with E-state index in [0.717, 1.165) is 4.47 Å². The summed E-state index contributed by atoms with van der Waals surface area (Å²) in [7, 11) is 1.55. The molecular weight excluding hydrogens is 312 g/mol. The molecule has 0 radical (unpaired) electrons. The van der Waals surface area contributed by atoms with E-state index in [1.54, 1.807) is 31.5 Å². The van der Waals surface area contributed by atoms with Crippen LogP contribution < -0.4 is 10.9 Å². The molecule has 7 heteroatoms. The maximum Gasteiger partial charge on any atom is 0.262 e. The van der Waals surface area contributed by atoms with Gasteiger partial charge in [0.05, 0.1) is 24.1 Å². The first-order valence-electron chi connectivity index (χ1n) is 5.51. The van der Waals surface area contributed by atoms with E-state index in [1.165, 1.54) is 4.57 Å². The average molecular weight is 323 g/mol. The minimum Gasteiger partial charge on any atom is -0.383 e. The molecule has 0 bridgehead atoms. The van der Waals surface area contributed by atoms with E-state index in [-0.39, 0.29) is 11.5 Å². The second-order valence-electron chi connectivity index (χ2n) is 3.78. The highest BCUT2D eigenvalue weighted by atomic mass is 79.9. The molecule has 0 unspecified atom stereocenters. The van der Waals surface area contributed by atoms with E-state index in [4.69, 9.17) is 10.00 Å². The van der Waals surface area contributed by atoms with Crippen molar-refractivity contribution in [3.63, 3.8) is 0 Å². The number of fused-ring (bicyclic) bond motifs is 1. The monoisotopic (exact) mass is 322 g/mol. The van der Waals surface area contributed by atoms with Crippen LogP contribution in [-0.4, -0.2) is 23.3 Å².